The molecule has 0 N–H and O–H groups in total. The number of Topliss-reactive ketones (excluding diaryl/α,β-unsaturated/α-hetero) is 1. The van der Waals surface area contributed by atoms with E-state index >= 15 is 0 Å². The van der Waals surface area contributed by atoms with E-state index in [1.165, 1.54) is 19.4 Å². The maximum absolute atomic E-state index is 13.2. The Hall–Kier alpha value is -1.91. The van der Waals surface area contributed by atoms with Gasteiger partial charge in [0.2, 0.25) is 0 Å². The lowest BCUT2D eigenvalue weighted by Crippen LogP contribution is -2.64. The molecule has 6 atom stereocenters. The lowest BCUT2D eigenvalue weighted by atomic mass is 9.44. The topological polar surface area (TPSA) is 69.7 Å². The van der Waals surface area contributed by atoms with Gasteiger partial charge in [-0.25, -0.2) is 0 Å². The first kappa shape index (κ1) is 21.8. The van der Waals surface area contributed by atoms with Crippen molar-refractivity contribution in [1.29, 1.82) is 0 Å². The maximum atomic E-state index is 13.2. The van der Waals surface area contributed by atoms with Crippen LogP contribution in [0.5, 0.6) is 0 Å². The van der Waals surface area contributed by atoms with E-state index in [0.717, 1.165) is 12.8 Å². The Bertz CT molecular complexity index is 778. The molecule has 3 aliphatic rings. The second kappa shape index (κ2) is 7.10. The largest absolute Gasteiger partial charge is 0.462 e. The SMILES string of the molecule is C=CC1(C)C=C2CC(OC(C)=O)C3C(C)(C)C(OC(C)=O)C(=O)CC3(C)C2CC1. The predicted octanol–water partition coefficient (Wildman–Crippen LogP) is 4.40. The van der Waals surface area contributed by atoms with Crippen molar-refractivity contribution in [3.05, 3.63) is 24.3 Å². The van der Waals surface area contributed by atoms with Gasteiger partial charge < -0.3 is 9.47 Å². The van der Waals surface area contributed by atoms with Crippen molar-refractivity contribution < 1.29 is 23.9 Å². The molecule has 0 spiro atoms. The third-order valence-corrected chi connectivity index (χ3v) is 7.64. The minimum Gasteiger partial charge on any atom is -0.462 e. The predicted molar refractivity (Wildman–Crippen MR) is 110 cm³/mol. The molecule has 0 aliphatic heterocycles. The Morgan fingerprint density at radius 1 is 1.14 bits per heavy atom. The summed E-state index contributed by atoms with van der Waals surface area (Å²) < 4.78 is 11.3. The lowest BCUT2D eigenvalue weighted by Gasteiger charge is -2.62. The molecule has 0 saturated heterocycles. The Morgan fingerprint density at radius 2 is 1.76 bits per heavy atom. The van der Waals surface area contributed by atoms with E-state index < -0.39 is 17.5 Å². The summed E-state index contributed by atoms with van der Waals surface area (Å²) >= 11 is 0. The zero-order valence-corrected chi connectivity index (χ0v) is 18.5. The van der Waals surface area contributed by atoms with E-state index in [4.69, 9.17) is 9.47 Å². The van der Waals surface area contributed by atoms with Gasteiger partial charge in [-0.1, -0.05) is 45.4 Å². The summed E-state index contributed by atoms with van der Waals surface area (Å²) in [6.45, 7) is 15.0. The molecule has 0 aromatic carbocycles. The molecule has 160 valence electrons. The fourth-order valence-electron chi connectivity index (χ4n) is 6.66. The molecule has 2 fully saturated rings. The van der Waals surface area contributed by atoms with Gasteiger partial charge >= 0.3 is 11.9 Å². The quantitative estimate of drug-likeness (QED) is 0.517. The van der Waals surface area contributed by atoms with Gasteiger partial charge in [-0.15, -0.1) is 6.58 Å². The van der Waals surface area contributed by atoms with Gasteiger partial charge in [-0.2, -0.15) is 0 Å². The number of fused-ring (bicyclic) bond motifs is 3. The van der Waals surface area contributed by atoms with E-state index in [2.05, 4.69) is 26.5 Å². The van der Waals surface area contributed by atoms with Gasteiger partial charge in [0, 0.05) is 43.4 Å². The van der Waals surface area contributed by atoms with Crippen LogP contribution >= 0.6 is 0 Å². The van der Waals surface area contributed by atoms with Crippen molar-refractivity contribution in [2.24, 2.45) is 28.1 Å². The summed E-state index contributed by atoms with van der Waals surface area (Å²) in [5.74, 6) is -0.663. The number of carbonyl (C=O) groups is 3. The van der Waals surface area contributed by atoms with Crippen LogP contribution in [-0.2, 0) is 23.9 Å². The third-order valence-electron chi connectivity index (χ3n) is 7.64. The number of rotatable bonds is 3. The standard InChI is InChI=1S/C24H34O5/c1-8-23(6)10-9-17-16(12-23)11-19(28-14(2)25)20-22(4,5)21(29-15(3)26)18(27)13-24(17,20)7/h8,12,17,19-21H,1,9-11,13H2,2-7H3. The Labute approximate surface area is 173 Å². The van der Waals surface area contributed by atoms with Gasteiger partial charge in [0.1, 0.15) is 6.10 Å². The number of ether oxygens (including phenoxy) is 2. The van der Waals surface area contributed by atoms with Crippen molar-refractivity contribution in [2.45, 2.75) is 79.4 Å². The van der Waals surface area contributed by atoms with Crippen molar-refractivity contribution in [2.75, 3.05) is 0 Å². The van der Waals surface area contributed by atoms with E-state index in [1.54, 1.807) is 0 Å². The van der Waals surface area contributed by atoms with Crippen LogP contribution in [0.2, 0.25) is 0 Å². The molecule has 5 nitrogen and oxygen atoms in total. The van der Waals surface area contributed by atoms with Crippen molar-refractivity contribution in [3.63, 3.8) is 0 Å². The van der Waals surface area contributed by atoms with Gasteiger partial charge in [0.05, 0.1) is 0 Å². The smallest absolute Gasteiger partial charge is 0.303 e. The van der Waals surface area contributed by atoms with Crippen LogP contribution in [-0.4, -0.2) is 29.9 Å². The van der Waals surface area contributed by atoms with Crippen LogP contribution in [0.4, 0.5) is 0 Å². The maximum Gasteiger partial charge on any atom is 0.303 e. The van der Waals surface area contributed by atoms with E-state index in [-0.39, 0.29) is 40.5 Å². The van der Waals surface area contributed by atoms with Crippen molar-refractivity contribution >= 4 is 17.7 Å². The minimum absolute atomic E-state index is 0.0381. The van der Waals surface area contributed by atoms with Crippen LogP contribution in [0.3, 0.4) is 0 Å². The van der Waals surface area contributed by atoms with Gasteiger partial charge in [-0.05, 0) is 24.2 Å². The fourth-order valence-corrected chi connectivity index (χ4v) is 6.66. The average molecular weight is 403 g/mol. The fraction of sp³-hybridized carbons (Fsp3) is 0.708. The molecular weight excluding hydrogens is 368 g/mol. The summed E-state index contributed by atoms with van der Waals surface area (Å²) in [5.41, 5.74) is 0.188. The average Bonchev–Trinajstić information content (AvgIpc) is 2.57. The van der Waals surface area contributed by atoms with Crippen molar-refractivity contribution in [1.82, 2.24) is 0 Å². The number of hydrogen-bond acceptors (Lipinski definition) is 5. The lowest BCUT2D eigenvalue weighted by molar-refractivity contribution is -0.201. The zero-order valence-electron chi connectivity index (χ0n) is 18.5. The van der Waals surface area contributed by atoms with E-state index in [0.29, 0.717) is 12.8 Å². The number of carbonyl (C=O) groups excluding carboxylic acids is 3. The molecule has 3 rings (SSSR count). The molecule has 0 radical (unpaired) electrons. The third kappa shape index (κ3) is 3.57. The normalized spacial score (nSPS) is 40.8. The highest BCUT2D eigenvalue weighted by atomic mass is 16.6. The molecule has 0 bridgehead atoms. The number of ketones is 1. The first-order valence-corrected chi connectivity index (χ1v) is 10.6. The minimum atomic E-state index is -0.816. The van der Waals surface area contributed by atoms with Crippen LogP contribution < -0.4 is 0 Å². The van der Waals surface area contributed by atoms with Crippen molar-refractivity contribution in [3.8, 4) is 0 Å². The van der Waals surface area contributed by atoms with Gasteiger partial charge in [0.15, 0.2) is 11.9 Å². The summed E-state index contributed by atoms with van der Waals surface area (Å²) in [7, 11) is 0. The molecule has 0 aromatic rings. The Morgan fingerprint density at radius 3 is 2.31 bits per heavy atom. The molecule has 29 heavy (non-hydrogen) atoms. The van der Waals surface area contributed by atoms with Gasteiger partial charge in [-0.3, -0.25) is 14.4 Å². The highest BCUT2D eigenvalue weighted by molar-refractivity contribution is 5.88. The molecular formula is C24H34O5. The molecule has 2 saturated carbocycles. The summed E-state index contributed by atoms with van der Waals surface area (Å²) in [6.07, 6.45) is 6.02. The molecule has 5 heteroatoms. The van der Waals surface area contributed by atoms with Crippen LogP contribution in [0, 0.1) is 28.1 Å². The highest BCUT2D eigenvalue weighted by Gasteiger charge is 2.64. The monoisotopic (exact) mass is 402 g/mol. The molecule has 6 unspecified atom stereocenters. The van der Waals surface area contributed by atoms with Gasteiger partial charge in [0.25, 0.3) is 0 Å². The second-order valence-electron chi connectivity index (χ2n) is 10.3. The number of hydrogen-bond donors (Lipinski definition) is 0. The number of esters is 2. The first-order valence-electron chi connectivity index (χ1n) is 10.6. The first-order chi connectivity index (χ1) is 13.3. The van der Waals surface area contributed by atoms with E-state index in [9.17, 15) is 14.4 Å². The van der Waals surface area contributed by atoms with Crippen LogP contribution in [0.25, 0.3) is 0 Å². The van der Waals surface area contributed by atoms with Crippen LogP contribution in [0.1, 0.15) is 67.2 Å². The Kier molecular flexibility index (Phi) is 5.34. The number of allylic oxidation sites excluding steroid dienone is 2. The van der Waals surface area contributed by atoms with Crippen LogP contribution in [0.15, 0.2) is 24.3 Å². The highest BCUT2D eigenvalue weighted by Crippen LogP contribution is 2.64. The second-order valence-corrected chi connectivity index (χ2v) is 10.3. The Balaban J connectivity index is 2.11. The molecule has 0 amide bonds. The molecule has 0 aromatic heterocycles. The zero-order chi connectivity index (χ0) is 21.8. The molecule has 3 aliphatic carbocycles. The molecule has 0 heterocycles. The van der Waals surface area contributed by atoms with E-state index in [1.807, 2.05) is 19.9 Å². The summed E-state index contributed by atoms with van der Waals surface area (Å²) in [4.78, 5) is 36.8. The summed E-state index contributed by atoms with van der Waals surface area (Å²) in [6, 6.07) is 0. The summed E-state index contributed by atoms with van der Waals surface area (Å²) in [5, 5.41) is 0.